The Bertz CT molecular complexity index is 1070. The molecule has 0 unspecified atom stereocenters. The van der Waals surface area contributed by atoms with Crippen LogP contribution in [0, 0.1) is 0 Å². The number of piperidine rings is 1. The third kappa shape index (κ3) is 5.06. The van der Waals surface area contributed by atoms with E-state index >= 15 is 0 Å². The van der Waals surface area contributed by atoms with E-state index in [1.54, 1.807) is 36.2 Å². The van der Waals surface area contributed by atoms with Crippen molar-refractivity contribution in [3.63, 3.8) is 0 Å². The summed E-state index contributed by atoms with van der Waals surface area (Å²) in [5.74, 6) is 0.182. The van der Waals surface area contributed by atoms with Gasteiger partial charge in [-0.25, -0.2) is 15.0 Å². The first-order valence-electron chi connectivity index (χ1n) is 10.0. The Morgan fingerprint density at radius 1 is 1.19 bits per heavy atom. The van der Waals surface area contributed by atoms with Crippen molar-refractivity contribution >= 4 is 29.2 Å². The highest BCUT2D eigenvalue weighted by Crippen LogP contribution is 2.40. The number of nitrogens with one attached hydrogen (secondary N) is 1. The summed E-state index contributed by atoms with van der Waals surface area (Å²) >= 11 is 2.80. The Hall–Kier alpha value is -2.21. The normalized spacial score (nSPS) is 15.8. The highest BCUT2D eigenvalue weighted by Gasteiger charge is 2.36. The lowest BCUT2D eigenvalue weighted by atomic mass is 10.1. The van der Waals surface area contributed by atoms with Crippen molar-refractivity contribution in [3.8, 4) is 21.1 Å². The second-order valence-electron chi connectivity index (χ2n) is 7.33. The summed E-state index contributed by atoms with van der Waals surface area (Å²) in [5, 5.41) is 13.3. The van der Waals surface area contributed by atoms with E-state index < -0.39 is 11.7 Å². The van der Waals surface area contributed by atoms with E-state index in [4.69, 9.17) is 0 Å². The molecule has 0 aliphatic carbocycles. The average Bonchev–Trinajstić information content (AvgIpc) is 3.29. The van der Waals surface area contributed by atoms with Crippen LogP contribution in [0.3, 0.4) is 0 Å². The van der Waals surface area contributed by atoms with Crippen LogP contribution in [-0.4, -0.2) is 49.8 Å². The summed E-state index contributed by atoms with van der Waals surface area (Å²) in [4.78, 5) is 12.8. The standard InChI is InChI=1S/C21H22F3N5OS2/c1-31-29-8-6-14(7-9-29)27-20-26-10-16(21(22,23)24)18(28-20)17-11-25-19(32-17)15-5-3-2-4-13(15)12-30/h2-5,10-11,14,30H,6-9,12H2,1H3,(H,26,27,28). The van der Waals surface area contributed by atoms with E-state index in [9.17, 15) is 18.3 Å². The van der Waals surface area contributed by atoms with Crippen molar-refractivity contribution in [1.82, 2.24) is 19.3 Å². The van der Waals surface area contributed by atoms with Gasteiger partial charge in [0.25, 0.3) is 0 Å². The number of hydrogen-bond donors (Lipinski definition) is 2. The lowest BCUT2D eigenvalue weighted by Crippen LogP contribution is -2.35. The number of nitrogens with zero attached hydrogens (tertiary/aromatic N) is 4. The van der Waals surface area contributed by atoms with Crippen LogP contribution in [0.4, 0.5) is 19.1 Å². The molecule has 3 heterocycles. The van der Waals surface area contributed by atoms with Crippen LogP contribution in [0.15, 0.2) is 36.7 Å². The molecule has 4 rings (SSSR count). The van der Waals surface area contributed by atoms with Crippen molar-refractivity contribution in [2.75, 3.05) is 24.7 Å². The molecule has 0 spiro atoms. The first-order valence-corrected chi connectivity index (χ1v) is 12.0. The quantitative estimate of drug-likeness (QED) is 0.484. The maximum Gasteiger partial charge on any atom is 0.420 e. The van der Waals surface area contributed by atoms with Gasteiger partial charge in [-0.2, -0.15) is 13.2 Å². The average molecular weight is 482 g/mol. The maximum atomic E-state index is 13.7. The Balaban J connectivity index is 1.65. The van der Waals surface area contributed by atoms with Crippen LogP contribution in [0.5, 0.6) is 0 Å². The van der Waals surface area contributed by atoms with E-state index in [-0.39, 0.29) is 24.3 Å². The maximum absolute atomic E-state index is 13.7. The van der Waals surface area contributed by atoms with Crippen LogP contribution in [0.2, 0.25) is 0 Å². The van der Waals surface area contributed by atoms with Gasteiger partial charge in [0.15, 0.2) is 0 Å². The van der Waals surface area contributed by atoms with Gasteiger partial charge < -0.3 is 10.4 Å². The zero-order valence-corrected chi connectivity index (χ0v) is 18.9. The number of hydrogen-bond acceptors (Lipinski definition) is 8. The van der Waals surface area contributed by atoms with Gasteiger partial charge in [-0.15, -0.1) is 11.3 Å². The molecule has 1 aliphatic rings. The largest absolute Gasteiger partial charge is 0.420 e. The molecular formula is C21H22F3N5OS2. The molecule has 0 saturated carbocycles. The van der Waals surface area contributed by atoms with E-state index in [1.165, 1.54) is 6.20 Å². The molecule has 0 radical (unpaired) electrons. The molecule has 0 atom stereocenters. The molecule has 1 aliphatic heterocycles. The van der Waals surface area contributed by atoms with Gasteiger partial charge in [-0.1, -0.05) is 36.2 Å². The zero-order valence-electron chi connectivity index (χ0n) is 17.3. The minimum Gasteiger partial charge on any atom is -0.392 e. The topological polar surface area (TPSA) is 74.2 Å². The number of aliphatic hydroxyl groups excluding tert-OH is 1. The van der Waals surface area contributed by atoms with Gasteiger partial charge in [0.1, 0.15) is 10.6 Å². The van der Waals surface area contributed by atoms with Crippen LogP contribution < -0.4 is 5.32 Å². The monoisotopic (exact) mass is 481 g/mol. The minimum absolute atomic E-state index is 0.108. The third-order valence-corrected chi connectivity index (χ3v) is 7.22. The molecule has 11 heteroatoms. The van der Waals surface area contributed by atoms with Crippen molar-refractivity contribution in [2.45, 2.75) is 31.7 Å². The highest BCUT2D eigenvalue weighted by atomic mass is 32.2. The van der Waals surface area contributed by atoms with Crippen LogP contribution in [-0.2, 0) is 12.8 Å². The fourth-order valence-electron chi connectivity index (χ4n) is 3.59. The van der Waals surface area contributed by atoms with E-state index in [0.29, 0.717) is 21.0 Å². The van der Waals surface area contributed by atoms with Gasteiger partial charge in [0.05, 0.1) is 17.2 Å². The molecule has 1 aromatic carbocycles. The fourth-order valence-corrected chi connectivity index (χ4v) is 5.14. The fraction of sp³-hybridized carbons (Fsp3) is 0.381. The highest BCUT2D eigenvalue weighted by molar-refractivity contribution is 7.96. The predicted octanol–water partition coefficient (Wildman–Crippen LogP) is 4.93. The van der Waals surface area contributed by atoms with Crippen LogP contribution in [0.1, 0.15) is 24.0 Å². The molecule has 0 amide bonds. The lowest BCUT2D eigenvalue weighted by molar-refractivity contribution is -0.137. The SMILES string of the molecule is CSN1CCC(Nc2ncc(C(F)(F)F)c(-c3cnc(-c4ccccc4CO)s3)n2)CC1. The van der Waals surface area contributed by atoms with Crippen molar-refractivity contribution < 1.29 is 18.3 Å². The first-order chi connectivity index (χ1) is 15.4. The van der Waals surface area contributed by atoms with Gasteiger partial charge in [0.2, 0.25) is 5.95 Å². The summed E-state index contributed by atoms with van der Waals surface area (Å²) < 4.78 is 43.3. The molecular weight excluding hydrogens is 459 g/mol. The Morgan fingerprint density at radius 2 is 1.94 bits per heavy atom. The molecule has 3 aromatic rings. The van der Waals surface area contributed by atoms with Gasteiger partial charge >= 0.3 is 6.18 Å². The number of benzene rings is 1. The molecule has 6 nitrogen and oxygen atoms in total. The van der Waals surface area contributed by atoms with Gasteiger partial charge in [-0.3, -0.25) is 4.31 Å². The summed E-state index contributed by atoms with van der Waals surface area (Å²) in [5.41, 5.74) is 0.256. The second-order valence-corrected chi connectivity index (χ2v) is 9.24. The number of alkyl halides is 3. The Morgan fingerprint density at radius 3 is 2.62 bits per heavy atom. The number of aromatic nitrogens is 3. The summed E-state index contributed by atoms with van der Waals surface area (Å²) in [6, 6.07) is 7.24. The number of thiazole rings is 1. The van der Waals surface area contributed by atoms with Gasteiger partial charge in [-0.05, 0) is 24.7 Å². The van der Waals surface area contributed by atoms with Gasteiger partial charge in [0, 0.05) is 37.1 Å². The molecule has 1 fully saturated rings. The molecule has 2 N–H and O–H groups in total. The Kier molecular flexibility index (Phi) is 6.99. The minimum atomic E-state index is -4.59. The lowest BCUT2D eigenvalue weighted by Gasteiger charge is -2.30. The first kappa shape index (κ1) is 23.0. The van der Waals surface area contributed by atoms with Crippen molar-refractivity contribution in [1.29, 1.82) is 0 Å². The van der Waals surface area contributed by atoms with E-state index in [1.807, 2.05) is 6.26 Å². The number of anilines is 1. The summed E-state index contributed by atoms with van der Waals surface area (Å²) in [6.45, 7) is 1.61. The smallest absolute Gasteiger partial charge is 0.392 e. The molecule has 0 bridgehead atoms. The second kappa shape index (κ2) is 9.74. The van der Waals surface area contributed by atoms with Crippen molar-refractivity contribution in [3.05, 3.63) is 47.8 Å². The van der Waals surface area contributed by atoms with E-state index in [0.717, 1.165) is 43.5 Å². The van der Waals surface area contributed by atoms with Crippen molar-refractivity contribution in [2.24, 2.45) is 0 Å². The molecule has 2 aromatic heterocycles. The number of rotatable bonds is 6. The van der Waals surface area contributed by atoms with Crippen LogP contribution in [0.25, 0.3) is 21.1 Å². The summed E-state index contributed by atoms with van der Waals surface area (Å²) in [7, 11) is 0. The van der Waals surface area contributed by atoms with E-state index in [2.05, 4.69) is 24.6 Å². The zero-order chi connectivity index (χ0) is 22.7. The predicted molar refractivity (Wildman–Crippen MR) is 121 cm³/mol. The van der Waals surface area contributed by atoms with Crippen LogP contribution >= 0.6 is 23.3 Å². The molecule has 170 valence electrons. The molecule has 1 saturated heterocycles. The number of halogens is 3. The third-order valence-electron chi connectivity index (χ3n) is 5.30. The Labute approximate surface area is 192 Å². The number of aliphatic hydroxyl groups is 1. The molecule has 32 heavy (non-hydrogen) atoms. The summed E-state index contributed by atoms with van der Waals surface area (Å²) in [6.07, 6.45) is 1.40.